The van der Waals surface area contributed by atoms with Crippen molar-refractivity contribution in [3.8, 4) is 0 Å². The quantitative estimate of drug-likeness (QED) is 0.867. The summed E-state index contributed by atoms with van der Waals surface area (Å²) < 4.78 is 0. The van der Waals surface area contributed by atoms with Crippen LogP contribution in [0.4, 0.5) is 5.69 Å². The molecule has 0 saturated carbocycles. The molecule has 1 aromatic rings. The van der Waals surface area contributed by atoms with E-state index in [1.807, 2.05) is 6.92 Å². The minimum absolute atomic E-state index is 0.264. The fraction of sp³-hybridized carbons (Fsp3) is 0.600. The Bertz CT molecular complexity index is 398. The van der Waals surface area contributed by atoms with Crippen LogP contribution in [0.15, 0.2) is 18.2 Å². The molecule has 0 bridgehead atoms. The molecule has 2 heteroatoms. The highest BCUT2D eigenvalue weighted by Crippen LogP contribution is 2.37. The van der Waals surface area contributed by atoms with E-state index in [4.69, 9.17) is 0 Å². The molecule has 2 unspecified atom stereocenters. The van der Waals surface area contributed by atoms with Crippen LogP contribution in [0.1, 0.15) is 44.7 Å². The number of rotatable bonds is 3. The Balaban J connectivity index is 2.33. The first-order valence-corrected chi connectivity index (χ1v) is 6.56. The van der Waals surface area contributed by atoms with Crippen LogP contribution in [0, 0.1) is 0 Å². The fourth-order valence-corrected chi connectivity index (χ4v) is 2.70. The zero-order valence-electron chi connectivity index (χ0n) is 11.3. The lowest BCUT2D eigenvalue weighted by atomic mass is 10.00. The summed E-state index contributed by atoms with van der Waals surface area (Å²) in [7, 11) is 0. The molecule has 0 saturated heterocycles. The largest absolute Gasteiger partial charge is 0.393 e. The maximum absolute atomic E-state index is 9.47. The van der Waals surface area contributed by atoms with Crippen molar-refractivity contribution in [3.63, 3.8) is 0 Å². The van der Waals surface area contributed by atoms with Crippen LogP contribution in [0.25, 0.3) is 0 Å². The van der Waals surface area contributed by atoms with Crippen molar-refractivity contribution >= 4 is 5.69 Å². The number of benzene rings is 1. The average Bonchev–Trinajstić information content (AvgIpc) is 2.55. The molecule has 0 fully saturated rings. The van der Waals surface area contributed by atoms with Gasteiger partial charge in [0.2, 0.25) is 0 Å². The number of aliphatic hydroxyl groups excluding tert-OH is 1. The summed E-state index contributed by atoms with van der Waals surface area (Å²) in [6.45, 7) is 9.73. The molecule has 2 rings (SSSR count). The zero-order chi connectivity index (χ0) is 12.6. The van der Waals surface area contributed by atoms with Crippen LogP contribution in [-0.4, -0.2) is 23.8 Å². The van der Waals surface area contributed by atoms with Crippen LogP contribution >= 0.6 is 0 Å². The van der Waals surface area contributed by atoms with Crippen molar-refractivity contribution in [2.45, 2.75) is 52.2 Å². The summed E-state index contributed by atoms with van der Waals surface area (Å²) >= 11 is 0. The van der Waals surface area contributed by atoms with E-state index in [9.17, 15) is 5.11 Å². The Morgan fingerprint density at radius 2 is 2.06 bits per heavy atom. The molecule has 0 aromatic heterocycles. The van der Waals surface area contributed by atoms with E-state index in [0.717, 1.165) is 13.0 Å². The highest BCUT2D eigenvalue weighted by Gasteiger charge is 2.27. The number of hydrogen-bond donors (Lipinski definition) is 1. The zero-order valence-corrected chi connectivity index (χ0v) is 11.3. The predicted octanol–water partition coefficient (Wildman–Crippen LogP) is 2.94. The SMILES string of the molecule is CC(O)Cc1ccc2c(c1)N(C(C)C)CC2C. The third-order valence-corrected chi connectivity index (χ3v) is 3.56. The molecular formula is C15H23NO. The standard InChI is InChI=1S/C15H23NO/c1-10(2)16-9-11(3)14-6-5-13(7-12(4)17)8-15(14)16/h5-6,8,10-12,17H,7,9H2,1-4H3. The molecule has 0 radical (unpaired) electrons. The molecule has 0 amide bonds. The van der Waals surface area contributed by atoms with Gasteiger partial charge in [-0.25, -0.2) is 0 Å². The lowest BCUT2D eigenvalue weighted by Crippen LogP contribution is -2.29. The lowest BCUT2D eigenvalue weighted by Gasteiger charge is -2.24. The topological polar surface area (TPSA) is 23.5 Å². The summed E-state index contributed by atoms with van der Waals surface area (Å²) in [6.07, 6.45) is 0.479. The number of nitrogens with zero attached hydrogens (tertiary/aromatic N) is 1. The number of fused-ring (bicyclic) bond motifs is 1. The van der Waals surface area contributed by atoms with Gasteiger partial charge in [0.1, 0.15) is 0 Å². The summed E-state index contributed by atoms with van der Waals surface area (Å²) in [6, 6.07) is 7.19. The summed E-state index contributed by atoms with van der Waals surface area (Å²) in [5.74, 6) is 0.619. The third kappa shape index (κ3) is 2.47. The Kier molecular flexibility index (Phi) is 3.43. The lowest BCUT2D eigenvalue weighted by molar-refractivity contribution is 0.195. The van der Waals surface area contributed by atoms with Crippen molar-refractivity contribution in [2.75, 3.05) is 11.4 Å². The van der Waals surface area contributed by atoms with Crippen LogP contribution < -0.4 is 4.90 Å². The molecule has 2 atom stereocenters. The maximum Gasteiger partial charge on any atom is 0.0552 e. The van der Waals surface area contributed by atoms with Crippen LogP contribution in [0.3, 0.4) is 0 Å². The van der Waals surface area contributed by atoms with Crippen molar-refractivity contribution in [1.29, 1.82) is 0 Å². The summed E-state index contributed by atoms with van der Waals surface area (Å²) in [5.41, 5.74) is 4.05. The van der Waals surface area contributed by atoms with Gasteiger partial charge in [-0.2, -0.15) is 0 Å². The van der Waals surface area contributed by atoms with Crippen molar-refractivity contribution in [1.82, 2.24) is 0 Å². The molecule has 1 heterocycles. The summed E-state index contributed by atoms with van der Waals surface area (Å²) in [5, 5.41) is 9.47. The molecule has 1 aliphatic heterocycles. The number of aliphatic hydroxyl groups is 1. The van der Waals surface area contributed by atoms with E-state index in [0.29, 0.717) is 12.0 Å². The Hall–Kier alpha value is -1.02. The molecule has 17 heavy (non-hydrogen) atoms. The van der Waals surface area contributed by atoms with Crippen molar-refractivity contribution in [2.24, 2.45) is 0 Å². The minimum atomic E-state index is -0.264. The van der Waals surface area contributed by atoms with E-state index in [1.165, 1.54) is 16.8 Å². The molecule has 1 N–H and O–H groups in total. The van der Waals surface area contributed by atoms with Gasteiger partial charge in [0.05, 0.1) is 6.10 Å². The smallest absolute Gasteiger partial charge is 0.0552 e. The van der Waals surface area contributed by atoms with Gasteiger partial charge in [-0.1, -0.05) is 19.1 Å². The second-order valence-electron chi connectivity index (χ2n) is 5.59. The van der Waals surface area contributed by atoms with E-state index in [-0.39, 0.29) is 6.10 Å². The van der Waals surface area contributed by atoms with E-state index < -0.39 is 0 Å². The van der Waals surface area contributed by atoms with Crippen LogP contribution in [-0.2, 0) is 6.42 Å². The molecule has 2 nitrogen and oxygen atoms in total. The van der Waals surface area contributed by atoms with Crippen molar-refractivity contribution < 1.29 is 5.11 Å². The third-order valence-electron chi connectivity index (χ3n) is 3.56. The van der Waals surface area contributed by atoms with Crippen LogP contribution in [0.5, 0.6) is 0 Å². The second-order valence-corrected chi connectivity index (χ2v) is 5.59. The van der Waals surface area contributed by atoms with Crippen molar-refractivity contribution in [3.05, 3.63) is 29.3 Å². The molecule has 1 aliphatic rings. The Morgan fingerprint density at radius 1 is 1.35 bits per heavy atom. The van der Waals surface area contributed by atoms with Gasteiger partial charge in [0, 0.05) is 24.2 Å². The molecule has 1 aromatic carbocycles. The van der Waals surface area contributed by atoms with Gasteiger partial charge < -0.3 is 10.0 Å². The van der Waals surface area contributed by atoms with Gasteiger partial charge in [0.25, 0.3) is 0 Å². The molecule has 94 valence electrons. The monoisotopic (exact) mass is 233 g/mol. The fourth-order valence-electron chi connectivity index (χ4n) is 2.70. The molecule has 0 aliphatic carbocycles. The number of hydrogen-bond acceptors (Lipinski definition) is 2. The van der Waals surface area contributed by atoms with E-state index >= 15 is 0 Å². The molecule has 0 spiro atoms. The Morgan fingerprint density at radius 3 is 2.65 bits per heavy atom. The van der Waals surface area contributed by atoms with Gasteiger partial charge in [-0.3, -0.25) is 0 Å². The first kappa shape index (κ1) is 12.4. The van der Waals surface area contributed by atoms with E-state index in [2.05, 4.69) is 43.9 Å². The first-order chi connectivity index (χ1) is 7.99. The first-order valence-electron chi connectivity index (χ1n) is 6.56. The maximum atomic E-state index is 9.47. The van der Waals surface area contributed by atoms with Gasteiger partial charge in [-0.15, -0.1) is 0 Å². The summed E-state index contributed by atoms with van der Waals surface area (Å²) in [4.78, 5) is 2.46. The molecular weight excluding hydrogens is 210 g/mol. The highest BCUT2D eigenvalue weighted by atomic mass is 16.3. The van der Waals surface area contributed by atoms with Gasteiger partial charge in [-0.05, 0) is 44.4 Å². The number of anilines is 1. The van der Waals surface area contributed by atoms with Crippen LogP contribution in [0.2, 0.25) is 0 Å². The Labute approximate surface area is 104 Å². The van der Waals surface area contributed by atoms with Gasteiger partial charge in [0.15, 0.2) is 0 Å². The second kappa shape index (κ2) is 4.69. The normalized spacial score (nSPS) is 20.8. The average molecular weight is 233 g/mol. The highest BCUT2D eigenvalue weighted by molar-refractivity contribution is 5.62. The minimum Gasteiger partial charge on any atom is -0.393 e. The van der Waals surface area contributed by atoms with E-state index in [1.54, 1.807) is 0 Å². The van der Waals surface area contributed by atoms with Gasteiger partial charge >= 0.3 is 0 Å². The predicted molar refractivity (Wildman–Crippen MR) is 72.7 cm³/mol.